The third-order valence-electron chi connectivity index (χ3n) is 3.77. The summed E-state index contributed by atoms with van der Waals surface area (Å²) in [5.41, 5.74) is 1.41. The Kier molecular flexibility index (Phi) is 3.76. The molecule has 1 heterocycles. The highest BCUT2D eigenvalue weighted by atomic mass is 16.5. The number of hydrogen-bond donors (Lipinski definition) is 1. The van der Waals surface area contributed by atoms with Gasteiger partial charge in [-0.05, 0) is 24.3 Å². The van der Waals surface area contributed by atoms with Gasteiger partial charge in [0.05, 0.1) is 19.9 Å². The van der Waals surface area contributed by atoms with Crippen molar-refractivity contribution in [2.24, 2.45) is 11.3 Å². The fourth-order valence-electron chi connectivity index (χ4n) is 2.27. The maximum Gasteiger partial charge on any atom is 0.183 e. The molecule has 4 nitrogen and oxygen atoms in total. The predicted octanol–water partition coefficient (Wildman–Crippen LogP) is 2.23. The van der Waals surface area contributed by atoms with Crippen LogP contribution in [0.25, 0.3) is 0 Å². The lowest BCUT2D eigenvalue weighted by Crippen LogP contribution is -2.19. The molecule has 0 aromatic carbocycles. The summed E-state index contributed by atoms with van der Waals surface area (Å²) in [7, 11) is 3.29. The molecule has 0 aliphatic heterocycles. The van der Waals surface area contributed by atoms with Crippen LogP contribution in [0.3, 0.4) is 0 Å². The monoisotopic (exact) mass is 250 g/mol. The normalized spacial score (nSPS) is 20.6. The van der Waals surface area contributed by atoms with Crippen LogP contribution in [0.5, 0.6) is 11.5 Å². The minimum atomic E-state index is 0.513. The molecular weight excluding hydrogens is 228 g/mol. The van der Waals surface area contributed by atoms with Crippen molar-refractivity contribution in [3.8, 4) is 11.5 Å². The lowest BCUT2D eigenvalue weighted by atomic mass is 10.1. The second-order valence-corrected chi connectivity index (χ2v) is 5.51. The Bertz CT molecular complexity index is 418. The molecule has 18 heavy (non-hydrogen) atoms. The van der Waals surface area contributed by atoms with Crippen molar-refractivity contribution in [3.63, 3.8) is 0 Å². The van der Waals surface area contributed by atoms with Crippen LogP contribution >= 0.6 is 0 Å². The molecule has 1 N–H and O–H groups in total. The van der Waals surface area contributed by atoms with Gasteiger partial charge in [-0.15, -0.1) is 0 Å². The first-order chi connectivity index (χ1) is 8.58. The first-order valence-corrected chi connectivity index (χ1v) is 6.35. The number of aromatic nitrogens is 1. The zero-order chi connectivity index (χ0) is 13.2. The van der Waals surface area contributed by atoms with Crippen molar-refractivity contribution in [1.29, 1.82) is 0 Å². The summed E-state index contributed by atoms with van der Waals surface area (Å²) in [6, 6.07) is 1.81. The summed E-state index contributed by atoms with van der Waals surface area (Å²) in [6.45, 7) is 6.37. The maximum absolute atomic E-state index is 5.35. The Morgan fingerprint density at radius 1 is 1.39 bits per heavy atom. The summed E-state index contributed by atoms with van der Waals surface area (Å²) < 4.78 is 10.6. The highest BCUT2D eigenvalue weighted by molar-refractivity contribution is 5.42. The first-order valence-electron chi connectivity index (χ1n) is 6.35. The number of rotatable bonds is 6. The minimum Gasteiger partial charge on any atom is -0.493 e. The fourth-order valence-corrected chi connectivity index (χ4v) is 2.27. The van der Waals surface area contributed by atoms with E-state index in [-0.39, 0.29) is 0 Å². The summed E-state index contributed by atoms with van der Waals surface area (Å²) in [5.74, 6) is 2.24. The zero-order valence-corrected chi connectivity index (χ0v) is 11.6. The fraction of sp³-hybridized carbons (Fsp3) is 0.643. The van der Waals surface area contributed by atoms with Gasteiger partial charge in [0, 0.05) is 18.8 Å². The van der Waals surface area contributed by atoms with E-state index in [1.165, 1.54) is 6.42 Å². The summed E-state index contributed by atoms with van der Waals surface area (Å²) >= 11 is 0. The van der Waals surface area contributed by atoms with Gasteiger partial charge in [-0.2, -0.15) is 0 Å². The average molecular weight is 250 g/mol. The van der Waals surface area contributed by atoms with Crippen molar-refractivity contribution in [3.05, 3.63) is 18.0 Å². The lowest BCUT2D eigenvalue weighted by Gasteiger charge is -2.12. The van der Waals surface area contributed by atoms with Crippen LogP contribution in [-0.2, 0) is 6.54 Å². The highest BCUT2D eigenvalue weighted by Crippen LogP contribution is 2.51. The van der Waals surface area contributed by atoms with E-state index in [1.807, 2.05) is 6.07 Å². The Morgan fingerprint density at radius 2 is 2.11 bits per heavy atom. The van der Waals surface area contributed by atoms with Crippen molar-refractivity contribution in [2.45, 2.75) is 26.8 Å². The van der Waals surface area contributed by atoms with Crippen molar-refractivity contribution in [1.82, 2.24) is 10.3 Å². The smallest absolute Gasteiger partial charge is 0.183 e. The van der Waals surface area contributed by atoms with Gasteiger partial charge < -0.3 is 14.8 Å². The van der Waals surface area contributed by atoms with Crippen LogP contribution in [-0.4, -0.2) is 25.7 Å². The van der Waals surface area contributed by atoms with Crippen LogP contribution in [0, 0.1) is 11.3 Å². The molecule has 0 spiro atoms. The molecule has 1 atom stereocenters. The Hall–Kier alpha value is -1.29. The number of methoxy groups -OCH3 is 2. The molecule has 4 heteroatoms. The van der Waals surface area contributed by atoms with Crippen LogP contribution in [0.2, 0.25) is 0 Å². The van der Waals surface area contributed by atoms with E-state index in [9.17, 15) is 0 Å². The van der Waals surface area contributed by atoms with Gasteiger partial charge >= 0.3 is 0 Å². The first kappa shape index (κ1) is 13.1. The lowest BCUT2D eigenvalue weighted by molar-refractivity contribution is 0.348. The number of hydrogen-bond acceptors (Lipinski definition) is 4. The van der Waals surface area contributed by atoms with Gasteiger partial charge in [0.15, 0.2) is 11.5 Å². The van der Waals surface area contributed by atoms with Gasteiger partial charge in [0.2, 0.25) is 0 Å². The molecule has 1 aliphatic rings. The molecule has 0 radical (unpaired) electrons. The summed E-state index contributed by atoms with van der Waals surface area (Å²) in [5, 5.41) is 3.45. The van der Waals surface area contributed by atoms with E-state index in [0.717, 1.165) is 29.7 Å². The number of ether oxygens (including phenoxy) is 2. The van der Waals surface area contributed by atoms with Crippen LogP contribution in [0.1, 0.15) is 26.0 Å². The largest absolute Gasteiger partial charge is 0.493 e. The number of nitrogens with one attached hydrogen (secondary N) is 1. The molecule has 1 aliphatic carbocycles. The number of nitrogens with zero attached hydrogens (tertiary/aromatic N) is 1. The van der Waals surface area contributed by atoms with E-state index in [2.05, 4.69) is 24.1 Å². The zero-order valence-electron chi connectivity index (χ0n) is 11.6. The van der Waals surface area contributed by atoms with E-state index in [4.69, 9.17) is 9.47 Å². The van der Waals surface area contributed by atoms with Gasteiger partial charge in [0.1, 0.15) is 0 Å². The Balaban J connectivity index is 1.92. The molecule has 1 fully saturated rings. The quantitative estimate of drug-likeness (QED) is 0.841. The molecule has 100 valence electrons. The molecule has 1 aromatic heterocycles. The van der Waals surface area contributed by atoms with E-state index in [0.29, 0.717) is 12.0 Å². The minimum absolute atomic E-state index is 0.513. The molecule has 0 bridgehead atoms. The summed E-state index contributed by atoms with van der Waals surface area (Å²) in [4.78, 5) is 4.34. The number of pyridine rings is 1. The average Bonchev–Trinajstić information content (AvgIpc) is 2.96. The van der Waals surface area contributed by atoms with Crippen molar-refractivity contribution >= 4 is 0 Å². The Morgan fingerprint density at radius 3 is 2.67 bits per heavy atom. The third kappa shape index (κ3) is 2.75. The SMILES string of the molecule is COc1ccnc(CNCC2CC2(C)C)c1OC. The molecule has 2 rings (SSSR count). The maximum atomic E-state index is 5.35. The van der Waals surface area contributed by atoms with E-state index >= 15 is 0 Å². The standard InChI is InChI=1S/C14H22N2O2/c1-14(2)7-10(14)8-15-9-11-13(18-4)12(17-3)5-6-16-11/h5-6,10,15H,7-9H2,1-4H3. The Labute approximate surface area is 109 Å². The van der Waals surface area contributed by atoms with Gasteiger partial charge in [-0.25, -0.2) is 0 Å². The molecule has 1 unspecified atom stereocenters. The van der Waals surface area contributed by atoms with Crippen LogP contribution in [0.4, 0.5) is 0 Å². The van der Waals surface area contributed by atoms with Crippen LogP contribution in [0.15, 0.2) is 12.3 Å². The second-order valence-electron chi connectivity index (χ2n) is 5.51. The van der Waals surface area contributed by atoms with Crippen molar-refractivity contribution < 1.29 is 9.47 Å². The summed E-state index contributed by atoms with van der Waals surface area (Å²) in [6.07, 6.45) is 3.06. The van der Waals surface area contributed by atoms with Crippen LogP contribution < -0.4 is 14.8 Å². The molecule has 0 amide bonds. The topological polar surface area (TPSA) is 43.4 Å². The van der Waals surface area contributed by atoms with E-state index in [1.54, 1.807) is 20.4 Å². The van der Waals surface area contributed by atoms with Gasteiger partial charge in [-0.1, -0.05) is 13.8 Å². The molecule has 0 saturated heterocycles. The van der Waals surface area contributed by atoms with Gasteiger partial charge in [-0.3, -0.25) is 4.98 Å². The van der Waals surface area contributed by atoms with E-state index < -0.39 is 0 Å². The second kappa shape index (κ2) is 5.14. The molecule has 1 aromatic rings. The van der Waals surface area contributed by atoms with Crippen molar-refractivity contribution in [2.75, 3.05) is 20.8 Å². The molecular formula is C14H22N2O2. The third-order valence-corrected chi connectivity index (χ3v) is 3.77. The van der Waals surface area contributed by atoms with Gasteiger partial charge in [0.25, 0.3) is 0 Å². The molecule has 1 saturated carbocycles. The highest BCUT2D eigenvalue weighted by Gasteiger charge is 2.44. The predicted molar refractivity (Wildman–Crippen MR) is 70.9 cm³/mol.